The Bertz CT molecular complexity index is 1830. The number of carbonyl (C=O) groups is 1. The minimum absolute atomic E-state index is 0.0330. The van der Waals surface area contributed by atoms with Crippen LogP contribution in [0.15, 0.2) is 51.1 Å². The van der Waals surface area contributed by atoms with E-state index in [0.717, 1.165) is 50.5 Å². The average molecular weight is 592 g/mol. The number of likely N-dealkylation sites (tertiary alicyclic amines) is 1. The summed E-state index contributed by atoms with van der Waals surface area (Å²) in [4.78, 5) is 36.7. The number of nitrogens with zero attached hydrogens (tertiary/aromatic N) is 6. The zero-order valence-electron chi connectivity index (χ0n) is 24.5. The SMILES string of the molecule is Cc1ccc(S(=O)(=O)c2n[nH]n3c2nc(=O)c2ccc(N4CCN(CC(=O)N5CC(C)CC(C)C5)CC4)cc23)c(C)c1. The maximum absolute atomic E-state index is 13.6. The summed E-state index contributed by atoms with van der Waals surface area (Å²) in [5.74, 6) is 1.27. The van der Waals surface area contributed by atoms with E-state index >= 15 is 0 Å². The first-order chi connectivity index (χ1) is 20.0. The van der Waals surface area contributed by atoms with Crippen LogP contribution in [-0.4, -0.2) is 89.7 Å². The third kappa shape index (κ3) is 5.17. The van der Waals surface area contributed by atoms with Crippen LogP contribution in [0.5, 0.6) is 0 Å². The summed E-state index contributed by atoms with van der Waals surface area (Å²) in [6, 6.07) is 10.6. The number of benzene rings is 2. The molecule has 0 saturated carbocycles. The zero-order chi connectivity index (χ0) is 29.8. The number of nitrogens with one attached hydrogen (secondary N) is 1. The molecule has 2 aliphatic rings. The number of hydrogen-bond acceptors (Lipinski definition) is 8. The number of rotatable bonds is 5. The van der Waals surface area contributed by atoms with Gasteiger partial charge in [-0.2, -0.15) is 4.98 Å². The number of aromatic nitrogens is 4. The third-order valence-electron chi connectivity index (χ3n) is 8.51. The number of amides is 1. The lowest BCUT2D eigenvalue weighted by Crippen LogP contribution is -2.52. The predicted octanol–water partition coefficient (Wildman–Crippen LogP) is 2.65. The number of aromatic amines is 1. The van der Waals surface area contributed by atoms with Crippen molar-refractivity contribution in [1.29, 1.82) is 0 Å². The van der Waals surface area contributed by atoms with E-state index in [9.17, 15) is 18.0 Å². The van der Waals surface area contributed by atoms with Gasteiger partial charge in [0.1, 0.15) is 0 Å². The molecule has 11 nitrogen and oxygen atoms in total. The fourth-order valence-electron chi connectivity index (χ4n) is 6.50. The minimum Gasteiger partial charge on any atom is -0.369 e. The number of H-pyrrole nitrogens is 1. The fourth-order valence-corrected chi connectivity index (χ4v) is 7.98. The molecule has 2 saturated heterocycles. The van der Waals surface area contributed by atoms with Crippen LogP contribution in [0, 0.1) is 25.7 Å². The highest BCUT2D eigenvalue weighted by molar-refractivity contribution is 7.91. The summed E-state index contributed by atoms with van der Waals surface area (Å²) in [5, 5.41) is 6.98. The van der Waals surface area contributed by atoms with Crippen molar-refractivity contribution in [2.45, 2.75) is 44.0 Å². The van der Waals surface area contributed by atoms with Gasteiger partial charge in [0, 0.05) is 45.0 Å². The lowest BCUT2D eigenvalue weighted by Gasteiger charge is -2.39. The zero-order valence-corrected chi connectivity index (χ0v) is 25.3. The number of fused-ring (bicyclic) bond motifs is 3. The second-order valence-electron chi connectivity index (χ2n) is 12.1. The standard InChI is InChI=1S/C30H37N7O4S/c1-19-5-8-26(22(4)14-19)42(40,41)30-28-31-29(39)24-7-6-23(15-25(24)37(28)33-32-30)35-11-9-34(10-12-35)18-27(38)36-16-20(2)13-21(3)17-36/h5-8,14-15,20-21,33H,9-13,16-18H2,1-4H3. The molecule has 0 aliphatic carbocycles. The van der Waals surface area contributed by atoms with Crippen LogP contribution in [-0.2, 0) is 14.6 Å². The van der Waals surface area contributed by atoms with Gasteiger partial charge in [0.05, 0.1) is 22.3 Å². The number of anilines is 1. The Labute approximate surface area is 245 Å². The van der Waals surface area contributed by atoms with Crippen molar-refractivity contribution in [3.8, 4) is 0 Å². The van der Waals surface area contributed by atoms with E-state index in [1.807, 2.05) is 24.0 Å². The Balaban J connectivity index is 1.24. The average Bonchev–Trinajstić information content (AvgIpc) is 3.37. The fraction of sp³-hybridized carbons (Fsp3) is 0.467. The van der Waals surface area contributed by atoms with E-state index in [4.69, 9.17) is 0 Å². The third-order valence-corrected chi connectivity index (χ3v) is 10.3. The Morgan fingerprint density at radius 2 is 1.71 bits per heavy atom. The van der Waals surface area contributed by atoms with Gasteiger partial charge in [-0.1, -0.05) is 31.5 Å². The highest BCUT2D eigenvalue weighted by Crippen LogP contribution is 2.28. The summed E-state index contributed by atoms with van der Waals surface area (Å²) >= 11 is 0. The molecular formula is C30H37N7O4S. The first-order valence-corrected chi connectivity index (χ1v) is 16.0. The summed E-state index contributed by atoms with van der Waals surface area (Å²) < 4.78 is 28.6. The maximum atomic E-state index is 13.6. The molecule has 1 N–H and O–H groups in total. The van der Waals surface area contributed by atoms with Crippen LogP contribution >= 0.6 is 0 Å². The lowest BCUT2D eigenvalue weighted by molar-refractivity contribution is -0.135. The summed E-state index contributed by atoms with van der Waals surface area (Å²) in [6.07, 6.45) is 1.17. The normalized spacial score (nSPS) is 20.5. The van der Waals surface area contributed by atoms with E-state index in [2.05, 4.69) is 38.9 Å². The molecule has 2 fully saturated rings. The van der Waals surface area contributed by atoms with Gasteiger partial charge in [-0.3, -0.25) is 14.5 Å². The van der Waals surface area contributed by atoms with Crippen LogP contribution in [0.2, 0.25) is 0 Å². The molecule has 12 heteroatoms. The number of piperazine rings is 1. The largest absolute Gasteiger partial charge is 0.369 e. The first-order valence-electron chi connectivity index (χ1n) is 14.5. The first kappa shape index (κ1) is 28.4. The molecule has 2 aliphatic heterocycles. The molecule has 0 spiro atoms. The molecular weight excluding hydrogens is 554 g/mol. The Hall–Kier alpha value is -3.77. The maximum Gasteiger partial charge on any atom is 0.281 e. The van der Waals surface area contributed by atoms with E-state index < -0.39 is 15.4 Å². The molecule has 2 aromatic carbocycles. The van der Waals surface area contributed by atoms with E-state index in [1.165, 1.54) is 10.9 Å². The number of hydrogen-bond donors (Lipinski definition) is 1. The van der Waals surface area contributed by atoms with Gasteiger partial charge in [0.2, 0.25) is 20.8 Å². The number of carbonyl (C=O) groups excluding carboxylic acids is 1. The topological polar surface area (TPSA) is 124 Å². The van der Waals surface area contributed by atoms with Crippen LogP contribution in [0.25, 0.3) is 16.6 Å². The monoisotopic (exact) mass is 591 g/mol. The molecule has 4 aromatic rings. The van der Waals surface area contributed by atoms with Gasteiger partial charge >= 0.3 is 0 Å². The summed E-state index contributed by atoms with van der Waals surface area (Å²) in [5.41, 5.74) is 2.41. The van der Waals surface area contributed by atoms with Crippen LogP contribution in [0.1, 0.15) is 31.4 Å². The molecule has 42 heavy (non-hydrogen) atoms. The second-order valence-corrected chi connectivity index (χ2v) is 13.9. The Morgan fingerprint density at radius 1 is 1.00 bits per heavy atom. The number of sulfone groups is 1. The highest BCUT2D eigenvalue weighted by Gasteiger charge is 2.29. The van der Waals surface area contributed by atoms with Gasteiger partial charge in [-0.25, -0.2) is 18.1 Å². The number of aryl methyl sites for hydroxylation is 2. The van der Waals surface area contributed by atoms with Gasteiger partial charge in [-0.15, -0.1) is 5.10 Å². The number of piperidine rings is 1. The molecule has 2 aromatic heterocycles. The van der Waals surface area contributed by atoms with E-state index in [-0.39, 0.29) is 21.5 Å². The lowest BCUT2D eigenvalue weighted by atomic mass is 9.92. The summed E-state index contributed by atoms with van der Waals surface area (Å²) in [6.45, 7) is 13.1. The molecule has 4 heterocycles. The van der Waals surface area contributed by atoms with Crippen molar-refractivity contribution >= 4 is 38.0 Å². The molecule has 1 amide bonds. The minimum atomic E-state index is -4.03. The van der Waals surface area contributed by atoms with Crippen molar-refractivity contribution in [3.05, 3.63) is 57.9 Å². The van der Waals surface area contributed by atoms with Crippen molar-refractivity contribution in [3.63, 3.8) is 0 Å². The van der Waals surface area contributed by atoms with Gasteiger partial charge in [0.15, 0.2) is 5.65 Å². The molecule has 2 atom stereocenters. The van der Waals surface area contributed by atoms with Crippen molar-refractivity contribution < 1.29 is 13.2 Å². The van der Waals surface area contributed by atoms with Crippen molar-refractivity contribution in [1.82, 2.24) is 29.6 Å². The molecule has 222 valence electrons. The van der Waals surface area contributed by atoms with Crippen LogP contribution in [0.3, 0.4) is 0 Å². The summed E-state index contributed by atoms with van der Waals surface area (Å²) in [7, 11) is -4.03. The van der Waals surface area contributed by atoms with Crippen LogP contribution < -0.4 is 10.5 Å². The van der Waals surface area contributed by atoms with Gasteiger partial charge in [-0.05, 0) is 61.9 Å². The molecule has 0 bridgehead atoms. The van der Waals surface area contributed by atoms with Crippen molar-refractivity contribution in [2.24, 2.45) is 11.8 Å². The van der Waals surface area contributed by atoms with E-state index in [1.54, 1.807) is 31.2 Å². The van der Waals surface area contributed by atoms with Crippen LogP contribution in [0.4, 0.5) is 5.69 Å². The smallest absolute Gasteiger partial charge is 0.281 e. The molecule has 6 rings (SSSR count). The van der Waals surface area contributed by atoms with E-state index in [0.29, 0.717) is 34.8 Å². The predicted molar refractivity (Wildman–Crippen MR) is 161 cm³/mol. The van der Waals surface area contributed by atoms with Gasteiger partial charge < -0.3 is 9.80 Å². The van der Waals surface area contributed by atoms with Gasteiger partial charge in [0.25, 0.3) is 5.56 Å². The second kappa shape index (κ2) is 10.8. The van der Waals surface area contributed by atoms with Crippen molar-refractivity contribution in [2.75, 3.05) is 50.7 Å². The molecule has 2 unspecified atom stereocenters. The quantitative estimate of drug-likeness (QED) is 0.376. The molecule has 0 radical (unpaired) electrons. The Kier molecular flexibility index (Phi) is 7.30. The Morgan fingerprint density at radius 3 is 2.40 bits per heavy atom. The highest BCUT2D eigenvalue weighted by atomic mass is 32.2.